The van der Waals surface area contributed by atoms with Crippen molar-refractivity contribution in [2.24, 2.45) is 0 Å². The minimum absolute atomic E-state index is 0.0768. The first kappa shape index (κ1) is 24.2. The molecule has 0 unspecified atom stereocenters. The number of carbonyl (C=O) groups excluding carboxylic acids is 1. The molecule has 2 aliphatic rings. The lowest BCUT2D eigenvalue weighted by Crippen LogP contribution is -2.38. The summed E-state index contributed by atoms with van der Waals surface area (Å²) >= 11 is 0. The summed E-state index contributed by atoms with van der Waals surface area (Å²) in [6.07, 6.45) is 6.09. The molecule has 186 valence electrons. The molecular formula is C29H33N5O2. The predicted molar refractivity (Wildman–Crippen MR) is 138 cm³/mol. The highest BCUT2D eigenvalue weighted by molar-refractivity contribution is 5.97. The van der Waals surface area contributed by atoms with Crippen molar-refractivity contribution < 1.29 is 9.53 Å². The van der Waals surface area contributed by atoms with E-state index in [0.717, 1.165) is 59.9 Å². The Kier molecular flexibility index (Phi) is 7.15. The van der Waals surface area contributed by atoms with Crippen LogP contribution in [0.3, 0.4) is 0 Å². The number of aromatic amines is 1. The van der Waals surface area contributed by atoms with Gasteiger partial charge in [0.05, 0.1) is 11.6 Å². The SMILES string of the molecule is CCc1cc(C2CCC2)c(-c2n[nH]c(COC)n2)cc1C(=O)N1CCC(c2ccccc2C#N)CC1. The third-order valence-corrected chi connectivity index (χ3v) is 7.79. The third-order valence-electron chi connectivity index (χ3n) is 7.79. The topological polar surface area (TPSA) is 94.9 Å². The van der Waals surface area contributed by atoms with Crippen LogP contribution in [-0.2, 0) is 17.8 Å². The Bertz CT molecular complexity index is 1280. The molecule has 0 radical (unpaired) electrons. The van der Waals surface area contributed by atoms with E-state index in [0.29, 0.717) is 43.2 Å². The Hall–Kier alpha value is -3.50. The van der Waals surface area contributed by atoms with Crippen LogP contribution >= 0.6 is 0 Å². The molecule has 0 spiro atoms. The lowest BCUT2D eigenvalue weighted by molar-refractivity contribution is 0.0712. The van der Waals surface area contributed by atoms with Crippen LogP contribution in [0.2, 0.25) is 0 Å². The van der Waals surface area contributed by atoms with E-state index in [-0.39, 0.29) is 5.91 Å². The number of aromatic nitrogens is 3. The zero-order chi connectivity index (χ0) is 25.1. The van der Waals surface area contributed by atoms with Crippen LogP contribution in [0.15, 0.2) is 36.4 Å². The van der Waals surface area contributed by atoms with E-state index < -0.39 is 0 Å². The van der Waals surface area contributed by atoms with Gasteiger partial charge in [-0.1, -0.05) is 37.6 Å². The molecule has 3 aromatic rings. The summed E-state index contributed by atoms with van der Waals surface area (Å²) in [6.45, 7) is 3.86. The van der Waals surface area contributed by atoms with Crippen molar-refractivity contribution in [3.05, 3.63) is 70.0 Å². The number of hydrogen-bond acceptors (Lipinski definition) is 5. The smallest absolute Gasteiger partial charge is 0.254 e. The first-order valence-corrected chi connectivity index (χ1v) is 13.0. The highest BCUT2D eigenvalue weighted by Gasteiger charge is 2.30. The fraction of sp³-hybridized carbons (Fsp3) is 0.448. The van der Waals surface area contributed by atoms with Gasteiger partial charge in [-0.2, -0.15) is 10.4 Å². The van der Waals surface area contributed by atoms with Crippen molar-refractivity contribution in [1.29, 1.82) is 5.26 Å². The average Bonchev–Trinajstić information content (AvgIpc) is 3.35. The van der Waals surface area contributed by atoms with Crippen LogP contribution in [0.1, 0.15) is 89.3 Å². The highest BCUT2D eigenvalue weighted by Crippen LogP contribution is 2.42. The van der Waals surface area contributed by atoms with Crippen molar-refractivity contribution in [3.8, 4) is 17.5 Å². The minimum atomic E-state index is 0.0768. The molecule has 1 saturated heterocycles. The van der Waals surface area contributed by atoms with E-state index in [1.807, 2.05) is 29.2 Å². The first-order valence-electron chi connectivity index (χ1n) is 13.0. The van der Waals surface area contributed by atoms with Gasteiger partial charge in [-0.3, -0.25) is 9.89 Å². The van der Waals surface area contributed by atoms with Gasteiger partial charge >= 0.3 is 0 Å². The van der Waals surface area contributed by atoms with Crippen LogP contribution in [0.4, 0.5) is 0 Å². The van der Waals surface area contributed by atoms with Crippen LogP contribution in [0.5, 0.6) is 0 Å². The Morgan fingerprint density at radius 2 is 1.89 bits per heavy atom. The van der Waals surface area contributed by atoms with Gasteiger partial charge in [-0.05, 0) is 72.8 Å². The second kappa shape index (κ2) is 10.6. The lowest BCUT2D eigenvalue weighted by Gasteiger charge is -2.33. The van der Waals surface area contributed by atoms with Gasteiger partial charge in [-0.25, -0.2) is 4.98 Å². The molecule has 5 rings (SSSR count). The van der Waals surface area contributed by atoms with Crippen LogP contribution < -0.4 is 0 Å². The molecule has 1 aromatic heterocycles. The zero-order valence-corrected chi connectivity index (χ0v) is 21.1. The fourth-order valence-corrected chi connectivity index (χ4v) is 5.54. The number of carbonyl (C=O) groups is 1. The van der Waals surface area contributed by atoms with Crippen molar-refractivity contribution in [2.75, 3.05) is 20.2 Å². The molecule has 7 nitrogen and oxygen atoms in total. The van der Waals surface area contributed by atoms with Gasteiger partial charge in [0.1, 0.15) is 6.61 Å². The Labute approximate surface area is 212 Å². The molecule has 0 atom stereocenters. The molecule has 2 heterocycles. The van der Waals surface area contributed by atoms with Gasteiger partial charge in [-0.15, -0.1) is 0 Å². The number of amides is 1. The number of rotatable bonds is 7. The van der Waals surface area contributed by atoms with E-state index in [4.69, 9.17) is 4.74 Å². The number of aryl methyl sites for hydroxylation is 1. The number of hydrogen-bond donors (Lipinski definition) is 1. The number of nitrogens with zero attached hydrogens (tertiary/aromatic N) is 4. The molecule has 2 aromatic carbocycles. The summed E-state index contributed by atoms with van der Waals surface area (Å²) in [7, 11) is 1.64. The number of methoxy groups -OCH3 is 1. The van der Waals surface area contributed by atoms with Gasteiger partial charge in [0.2, 0.25) is 0 Å². The second-order valence-corrected chi connectivity index (χ2v) is 9.88. The summed E-state index contributed by atoms with van der Waals surface area (Å²) < 4.78 is 5.21. The second-order valence-electron chi connectivity index (χ2n) is 9.88. The maximum Gasteiger partial charge on any atom is 0.254 e. The third kappa shape index (κ3) is 4.66. The molecule has 36 heavy (non-hydrogen) atoms. The molecule has 1 aliphatic heterocycles. The number of likely N-dealkylation sites (tertiary alicyclic amines) is 1. The van der Waals surface area contributed by atoms with Crippen molar-refractivity contribution in [3.63, 3.8) is 0 Å². The van der Waals surface area contributed by atoms with Crippen LogP contribution in [-0.4, -0.2) is 46.2 Å². The summed E-state index contributed by atoms with van der Waals surface area (Å²) in [5.74, 6) is 2.19. The molecular weight excluding hydrogens is 450 g/mol. The lowest BCUT2D eigenvalue weighted by atomic mass is 9.76. The predicted octanol–water partition coefficient (Wildman–Crippen LogP) is 5.34. The van der Waals surface area contributed by atoms with Crippen LogP contribution in [0.25, 0.3) is 11.4 Å². The van der Waals surface area contributed by atoms with Gasteiger partial charge in [0.15, 0.2) is 11.6 Å². The summed E-state index contributed by atoms with van der Waals surface area (Å²) in [5.41, 5.74) is 5.90. The normalized spacial score (nSPS) is 16.5. The quantitative estimate of drug-likeness (QED) is 0.489. The number of nitrogens with one attached hydrogen (secondary N) is 1. The average molecular weight is 484 g/mol. The molecule has 1 aliphatic carbocycles. The molecule has 0 bridgehead atoms. The number of benzene rings is 2. The standard InChI is InChI=1S/C29H33N5O2/c1-3-19-15-24(20-8-6-9-20)26(28-31-27(18-36-2)32-33-28)16-25(19)29(35)34-13-11-21(12-14-34)23-10-5-4-7-22(23)17-30/h4-5,7,10,15-16,20-21H,3,6,8-9,11-14,18H2,1-2H3,(H,31,32,33). The van der Waals surface area contributed by atoms with Gasteiger partial charge in [0.25, 0.3) is 5.91 Å². The van der Waals surface area contributed by atoms with Crippen molar-refractivity contribution in [2.45, 2.75) is 63.9 Å². The fourth-order valence-electron chi connectivity index (χ4n) is 5.54. The van der Waals surface area contributed by atoms with E-state index in [1.165, 1.54) is 12.0 Å². The number of piperidine rings is 1. The number of ether oxygens (including phenoxy) is 1. The van der Waals surface area contributed by atoms with E-state index in [2.05, 4.69) is 40.3 Å². The monoisotopic (exact) mass is 483 g/mol. The number of H-pyrrole nitrogens is 1. The van der Waals surface area contributed by atoms with E-state index >= 15 is 0 Å². The van der Waals surface area contributed by atoms with Crippen LogP contribution in [0, 0.1) is 11.3 Å². The summed E-state index contributed by atoms with van der Waals surface area (Å²) in [4.78, 5) is 20.4. The maximum atomic E-state index is 13.8. The summed E-state index contributed by atoms with van der Waals surface area (Å²) in [6, 6.07) is 14.4. The molecule has 1 amide bonds. The summed E-state index contributed by atoms with van der Waals surface area (Å²) in [5, 5.41) is 16.9. The molecule has 1 saturated carbocycles. The number of nitriles is 1. The maximum absolute atomic E-state index is 13.8. The zero-order valence-electron chi connectivity index (χ0n) is 21.1. The Morgan fingerprint density at radius 3 is 2.56 bits per heavy atom. The minimum Gasteiger partial charge on any atom is -0.377 e. The molecule has 7 heteroatoms. The highest BCUT2D eigenvalue weighted by atomic mass is 16.5. The molecule has 1 N–H and O–H groups in total. The first-order chi connectivity index (χ1) is 17.6. The van der Waals surface area contributed by atoms with Gasteiger partial charge < -0.3 is 9.64 Å². The largest absolute Gasteiger partial charge is 0.377 e. The van der Waals surface area contributed by atoms with E-state index in [1.54, 1.807) is 7.11 Å². The Morgan fingerprint density at radius 1 is 1.14 bits per heavy atom. The van der Waals surface area contributed by atoms with Crippen molar-refractivity contribution in [1.82, 2.24) is 20.1 Å². The van der Waals surface area contributed by atoms with Crippen molar-refractivity contribution >= 4 is 5.91 Å². The Balaban J connectivity index is 1.42. The van der Waals surface area contributed by atoms with Gasteiger partial charge in [0, 0.05) is 31.3 Å². The molecule has 2 fully saturated rings. The van der Waals surface area contributed by atoms with E-state index in [9.17, 15) is 10.1 Å².